The van der Waals surface area contributed by atoms with E-state index in [0.717, 1.165) is 39.3 Å². The molecule has 5 N–H and O–H groups in total. The lowest BCUT2D eigenvalue weighted by atomic mass is 9.75. The average molecular weight is 819 g/mol. The molecule has 2 heterocycles. The van der Waals surface area contributed by atoms with Crippen LogP contribution in [0, 0.1) is 17.8 Å². The third kappa shape index (κ3) is 10.3. The van der Waals surface area contributed by atoms with E-state index in [1.54, 1.807) is 0 Å². The molecule has 0 aromatic heterocycles. The van der Waals surface area contributed by atoms with E-state index in [2.05, 4.69) is 52.6 Å². The molecule has 0 radical (unpaired) electrons. The number of ether oxygens (including phenoxy) is 6. The Hall–Kier alpha value is -1.04. The Labute approximate surface area is 305 Å². The summed E-state index contributed by atoms with van der Waals surface area (Å²) < 4.78 is 38.3. The van der Waals surface area contributed by atoms with E-state index < -0.39 is 61.4 Å². The summed E-state index contributed by atoms with van der Waals surface area (Å²) in [6, 6.07) is 15.2. The molecule has 0 bridgehead atoms. The zero-order valence-electron chi connectivity index (χ0n) is 28.1. The highest BCUT2D eigenvalue weighted by Gasteiger charge is 2.49. The van der Waals surface area contributed by atoms with Crippen LogP contribution in [0.3, 0.4) is 0 Å². The molecule has 2 aromatic rings. The summed E-state index contributed by atoms with van der Waals surface area (Å²) in [6.07, 6.45) is -10.2. The van der Waals surface area contributed by atoms with E-state index in [1.165, 1.54) is 0 Å². The minimum absolute atomic E-state index is 0.0188. The van der Waals surface area contributed by atoms with Gasteiger partial charge in [-0.3, -0.25) is 0 Å². The summed E-state index contributed by atoms with van der Waals surface area (Å²) in [5, 5.41) is 54.7. The van der Waals surface area contributed by atoms with E-state index in [1.807, 2.05) is 48.5 Å². The second-order valence-corrected chi connectivity index (χ2v) is 15.7. The Balaban J connectivity index is 1.24. The third-order valence-corrected chi connectivity index (χ3v) is 10.9. The Morgan fingerprint density at radius 3 is 1.92 bits per heavy atom. The largest absolute Gasteiger partial charge is 0.387 e. The van der Waals surface area contributed by atoms with Gasteiger partial charge in [0.25, 0.3) is 0 Å². The van der Waals surface area contributed by atoms with Crippen LogP contribution in [-0.2, 0) is 41.6 Å². The van der Waals surface area contributed by atoms with Crippen molar-refractivity contribution in [1.82, 2.24) is 0 Å². The zero-order chi connectivity index (χ0) is 35.2. The molecule has 5 rings (SSSR count). The first-order valence-electron chi connectivity index (χ1n) is 17.1. The van der Waals surface area contributed by atoms with Crippen LogP contribution in [0.15, 0.2) is 57.5 Å². The van der Waals surface area contributed by atoms with E-state index >= 15 is 0 Å². The summed E-state index contributed by atoms with van der Waals surface area (Å²) in [5.74, 6) is 1.07. The number of benzene rings is 2. The maximum Gasteiger partial charge on any atom is 0.186 e. The fourth-order valence-corrected chi connectivity index (χ4v) is 7.36. The van der Waals surface area contributed by atoms with Crippen molar-refractivity contribution in [1.29, 1.82) is 0 Å². The van der Waals surface area contributed by atoms with Crippen molar-refractivity contribution in [2.75, 3.05) is 13.2 Å². The van der Waals surface area contributed by atoms with Crippen LogP contribution in [0.1, 0.15) is 51.2 Å². The molecule has 1 saturated carbocycles. The van der Waals surface area contributed by atoms with Crippen LogP contribution in [0.4, 0.5) is 0 Å². The normalized spacial score (nSPS) is 37.0. The van der Waals surface area contributed by atoms with E-state index in [-0.39, 0.29) is 38.4 Å². The number of halogens is 2. The van der Waals surface area contributed by atoms with Crippen molar-refractivity contribution in [3.63, 3.8) is 0 Å². The summed E-state index contributed by atoms with van der Waals surface area (Å²) in [6.45, 7) is 6.57. The van der Waals surface area contributed by atoms with Crippen molar-refractivity contribution >= 4 is 31.9 Å². The SMILES string of the molecule is CC(C)[C@@H]1CC[C@@H](C)C[C@H]1O[C@H]1O[C@H](CO[C@@H]2O[C@H](COCc3ccc(Br)cc3)[C@@H](OCc3ccc(Br)cc3)[C@H](O)[C@H]2O)[C@@H](O)[C@H](O)[C@H]1O. The van der Waals surface area contributed by atoms with Gasteiger partial charge in [0.1, 0.15) is 48.8 Å². The van der Waals surface area contributed by atoms with Gasteiger partial charge in [-0.2, -0.15) is 0 Å². The summed E-state index contributed by atoms with van der Waals surface area (Å²) in [4.78, 5) is 0. The molecule has 2 saturated heterocycles. The fourth-order valence-electron chi connectivity index (χ4n) is 6.83. The number of aliphatic hydroxyl groups is 5. The van der Waals surface area contributed by atoms with Gasteiger partial charge in [-0.25, -0.2) is 0 Å². The van der Waals surface area contributed by atoms with Gasteiger partial charge in [0.05, 0.1) is 32.5 Å². The predicted molar refractivity (Wildman–Crippen MR) is 186 cm³/mol. The maximum absolute atomic E-state index is 11.3. The van der Waals surface area contributed by atoms with E-state index in [4.69, 9.17) is 28.4 Å². The lowest BCUT2D eigenvalue weighted by molar-refractivity contribution is -0.342. The first-order valence-corrected chi connectivity index (χ1v) is 18.7. The molecule has 2 aromatic carbocycles. The van der Waals surface area contributed by atoms with Crippen molar-refractivity contribution in [3.05, 3.63) is 68.6 Å². The molecule has 1 aliphatic carbocycles. The van der Waals surface area contributed by atoms with Crippen molar-refractivity contribution in [2.45, 2.75) is 121 Å². The van der Waals surface area contributed by atoms with Crippen LogP contribution in [-0.4, -0.2) is 106 Å². The van der Waals surface area contributed by atoms with Gasteiger partial charge in [0.15, 0.2) is 12.6 Å². The quantitative estimate of drug-likeness (QED) is 0.199. The van der Waals surface area contributed by atoms with Gasteiger partial charge < -0.3 is 54.0 Å². The molecule has 11 nitrogen and oxygen atoms in total. The summed E-state index contributed by atoms with van der Waals surface area (Å²) in [7, 11) is 0. The molecule has 274 valence electrons. The highest BCUT2D eigenvalue weighted by molar-refractivity contribution is 9.10. The Morgan fingerprint density at radius 2 is 1.29 bits per heavy atom. The second kappa shape index (κ2) is 18.1. The Morgan fingerprint density at radius 1 is 0.694 bits per heavy atom. The summed E-state index contributed by atoms with van der Waals surface area (Å²) in [5.41, 5.74) is 1.80. The van der Waals surface area contributed by atoms with Gasteiger partial charge in [-0.05, 0) is 66.0 Å². The monoisotopic (exact) mass is 816 g/mol. The molecule has 13 atom stereocenters. The second-order valence-electron chi connectivity index (χ2n) is 13.9. The first kappa shape index (κ1) is 39.2. The van der Waals surface area contributed by atoms with Gasteiger partial charge >= 0.3 is 0 Å². The number of hydrogen-bond donors (Lipinski definition) is 5. The fraction of sp³-hybridized carbons (Fsp3) is 0.667. The lowest BCUT2D eigenvalue weighted by Gasteiger charge is -2.45. The molecular weight excluding hydrogens is 768 g/mol. The third-order valence-electron chi connectivity index (χ3n) is 9.82. The standard InChI is InChI=1S/C36H50Br2O11/c1-19(2)25-13-4-20(3)14-26(25)47-36-32(42)30(40)29(39)27(48-36)18-46-35-33(43)31(41)34(45-16-22-7-11-24(38)12-8-22)28(49-35)17-44-15-21-5-9-23(37)10-6-21/h5-12,19-20,25-36,39-43H,4,13-18H2,1-3H3/t20-,25+,26-,27-,28-,29-,30+,31-,32-,33-,34-,35-,36+/m1/s1. The predicted octanol–water partition coefficient (Wildman–Crippen LogP) is 4.06. The molecular formula is C36H50Br2O11. The van der Waals surface area contributed by atoms with Crippen LogP contribution < -0.4 is 0 Å². The molecule has 3 aliphatic rings. The Kier molecular flexibility index (Phi) is 14.5. The van der Waals surface area contributed by atoms with Crippen LogP contribution in [0.5, 0.6) is 0 Å². The zero-order valence-corrected chi connectivity index (χ0v) is 31.3. The minimum atomic E-state index is -1.55. The molecule has 2 aliphatic heterocycles. The molecule has 0 spiro atoms. The van der Waals surface area contributed by atoms with E-state index in [9.17, 15) is 25.5 Å². The molecule has 3 fully saturated rings. The van der Waals surface area contributed by atoms with Crippen LogP contribution >= 0.6 is 31.9 Å². The van der Waals surface area contributed by atoms with Gasteiger partial charge in [0, 0.05) is 8.95 Å². The van der Waals surface area contributed by atoms with Crippen LogP contribution in [0.25, 0.3) is 0 Å². The smallest absolute Gasteiger partial charge is 0.186 e. The minimum Gasteiger partial charge on any atom is -0.387 e. The number of hydrogen-bond acceptors (Lipinski definition) is 11. The molecule has 49 heavy (non-hydrogen) atoms. The van der Waals surface area contributed by atoms with E-state index in [0.29, 0.717) is 11.8 Å². The van der Waals surface area contributed by atoms with Gasteiger partial charge in [-0.1, -0.05) is 83.3 Å². The van der Waals surface area contributed by atoms with Crippen molar-refractivity contribution in [2.24, 2.45) is 17.8 Å². The molecule has 13 heteroatoms. The van der Waals surface area contributed by atoms with Crippen molar-refractivity contribution < 1.29 is 54.0 Å². The highest BCUT2D eigenvalue weighted by Crippen LogP contribution is 2.37. The van der Waals surface area contributed by atoms with Gasteiger partial charge in [0.2, 0.25) is 0 Å². The Bertz CT molecular complexity index is 1280. The summed E-state index contributed by atoms with van der Waals surface area (Å²) >= 11 is 6.85. The van der Waals surface area contributed by atoms with Gasteiger partial charge in [-0.15, -0.1) is 0 Å². The number of aliphatic hydroxyl groups excluding tert-OH is 5. The molecule has 0 amide bonds. The lowest BCUT2D eigenvalue weighted by Crippen LogP contribution is -2.62. The maximum atomic E-state index is 11.3. The van der Waals surface area contributed by atoms with Crippen LogP contribution in [0.2, 0.25) is 0 Å². The number of rotatable bonds is 13. The highest BCUT2D eigenvalue weighted by atomic mass is 79.9. The average Bonchev–Trinajstić information content (AvgIpc) is 3.07. The molecule has 0 unspecified atom stereocenters. The topological polar surface area (TPSA) is 157 Å². The first-order chi connectivity index (χ1) is 23.4. The van der Waals surface area contributed by atoms with Crippen molar-refractivity contribution in [3.8, 4) is 0 Å².